The Morgan fingerprint density at radius 1 is 1.36 bits per heavy atom. The lowest BCUT2D eigenvalue weighted by atomic mass is 9.93. The van der Waals surface area contributed by atoms with E-state index in [1.165, 1.54) is 6.07 Å². The largest absolute Gasteiger partial charge is 0.480 e. The molecule has 1 aromatic rings. The molecule has 2 amide bonds. The molecule has 3 N–H and O–H groups in total. The molecule has 0 aromatic heterocycles. The number of halogens is 1. The van der Waals surface area contributed by atoms with Gasteiger partial charge in [-0.25, -0.2) is 9.18 Å². The number of carboxylic acid groups (broad SMARTS) is 1. The molecule has 1 fully saturated rings. The first-order valence-electron chi connectivity index (χ1n) is 8.19. The van der Waals surface area contributed by atoms with Crippen molar-refractivity contribution in [3.8, 4) is 0 Å². The minimum Gasteiger partial charge on any atom is -0.480 e. The Hall–Kier alpha value is -2.48. The maximum atomic E-state index is 14.3. The zero-order chi connectivity index (χ0) is 18.0. The number of nitrogens with one attached hydrogen (secondary N) is 2. The van der Waals surface area contributed by atoms with Gasteiger partial charge in [0.25, 0.3) is 5.91 Å². The van der Waals surface area contributed by atoms with Crippen molar-refractivity contribution in [2.45, 2.75) is 31.7 Å². The summed E-state index contributed by atoms with van der Waals surface area (Å²) in [5.74, 6) is -3.31. The van der Waals surface area contributed by atoms with E-state index in [9.17, 15) is 23.9 Å². The minimum atomic E-state index is -1.17. The van der Waals surface area contributed by atoms with Gasteiger partial charge < -0.3 is 20.5 Å². The van der Waals surface area contributed by atoms with E-state index in [0.717, 1.165) is 12.5 Å². The second-order valence-corrected chi connectivity index (χ2v) is 6.30. The third kappa shape index (κ3) is 3.79. The number of rotatable bonds is 4. The van der Waals surface area contributed by atoms with E-state index in [0.29, 0.717) is 30.7 Å². The van der Waals surface area contributed by atoms with Crippen LogP contribution in [0.1, 0.15) is 35.2 Å². The van der Waals surface area contributed by atoms with E-state index in [-0.39, 0.29) is 30.4 Å². The van der Waals surface area contributed by atoms with Crippen molar-refractivity contribution in [3.05, 3.63) is 29.1 Å². The summed E-state index contributed by atoms with van der Waals surface area (Å²) < 4.78 is 19.5. The van der Waals surface area contributed by atoms with Crippen LogP contribution in [0, 0.1) is 11.7 Å². The van der Waals surface area contributed by atoms with Crippen molar-refractivity contribution in [1.82, 2.24) is 5.32 Å². The number of hydrogen-bond donors (Lipinski definition) is 3. The van der Waals surface area contributed by atoms with Crippen molar-refractivity contribution >= 4 is 23.5 Å². The molecule has 1 aromatic carbocycles. The van der Waals surface area contributed by atoms with Crippen LogP contribution in [0.3, 0.4) is 0 Å². The van der Waals surface area contributed by atoms with Crippen LogP contribution in [0.2, 0.25) is 0 Å². The van der Waals surface area contributed by atoms with Gasteiger partial charge in [0.05, 0.1) is 12.2 Å². The number of carboxylic acids is 1. The lowest BCUT2D eigenvalue weighted by Crippen LogP contribution is -2.48. The number of aliphatic carboxylic acids is 1. The molecule has 25 heavy (non-hydrogen) atoms. The fraction of sp³-hybridized carbons (Fsp3) is 0.471. The standard InChI is InChI=1S/C17H19FN2O5/c18-12-7-13-9(3-4-14(21)19-13)6-11(12)16(22)20-15(17(23)24)10-2-1-5-25-8-10/h6-7,10,15H,1-5,8H2,(H,19,21)(H,20,22)(H,23,24)/t10-,15-/m0/s1. The van der Waals surface area contributed by atoms with Gasteiger partial charge in [0.15, 0.2) is 0 Å². The molecule has 0 radical (unpaired) electrons. The van der Waals surface area contributed by atoms with Crippen molar-refractivity contribution in [2.75, 3.05) is 18.5 Å². The first kappa shape index (κ1) is 17.3. The highest BCUT2D eigenvalue weighted by atomic mass is 19.1. The normalized spacial score (nSPS) is 21.0. The van der Waals surface area contributed by atoms with Gasteiger partial charge in [0.1, 0.15) is 11.9 Å². The zero-order valence-electron chi connectivity index (χ0n) is 13.5. The summed E-state index contributed by atoms with van der Waals surface area (Å²) in [6, 6.07) is 1.33. The predicted octanol–water partition coefficient (Wildman–Crippen LogP) is 1.32. The van der Waals surface area contributed by atoms with Gasteiger partial charge in [-0.3, -0.25) is 9.59 Å². The summed E-state index contributed by atoms with van der Waals surface area (Å²) in [7, 11) is 0. The van der Waals surface area contributed by atoms with E-state index in [4.69, 9.17) is 4.74 Å². The molecule has 2 aliphatic rings. The second-order valence-electron chi connectivity index (χ2n) is 6.30. The lowest BCUT2D eigenvalue weighted by molar-refractivity contribution is -0.142. The van der Waals surface area contributed by atoms with Gasteiger partial charge in [-0.1, -0.05) is 0 Å². The van der Waals surface area contributed by atoms with Crippen molar-refractivity contribution in [1.29, 1.82) is 0 Å². The molecule has 0 saturated carbocycles. The van der Waals surface area contributed by atoms with Gasteiger partial charge in [-0.15, -0.1) is 0 Å². The summed E-state index contributed by atoms with van der Waals surface area (Å²) in [4.78, 5) is 35.3. The molecule has 0 aliphatic carbocycles. The van der Waals surface area contributed by atoms with Gasteiger partial charge in [-0.2, -0.15) is 0 Å². The molecular formula is C17H19FN2O5. The number of fused-ring (bicyclic) bond motifs is 1. The molecule has 3 rings (SSSR count). The molecule has 2 atom stereocenters. The van der Waals surface area contributed by atoms with E-state index in [1.54, 1.807) is 0 Å². The Bertz CT molecular complexity index is 715. The second kappa shape index (κ2) is 7.18. The number of carbonyl (C=O) groups is 3. The maximum Gasteiger partial charge on any atom is 0.326 e. The van der Waals surface area contributed by atoms with Crippen LogP contribution in [0.25, 0.3) is 0 Å². The van der Waals surface area contributed by atoms with Crippen LogP contribution in [-0.2, 0) is 20.7 Å². The predicted molar refractivity (Wildman–Crippen MR) is 85.8 cm³/mol. The molecule has 134 valence electrons. The summed E-state index contributed by atoms with van der Waals surface area (Å²) >= 11 is 0. The van der Waals surface area contributed by atoms with Gasteiger partial charge in [-0.05, 0) is 37.0 Å². The lowest BCUT2D eigenvalue weighted by Gasteiger charge is -2.28. The number of carbonyl (C=O) groups excluding carboxylic acids is 2. The van der Waals surface area contributed by atoms with Crippen LogP contribution in [-0.4, -0.2) is 42.1 Å². The Morgan fingerprint density at radius 2 is 2.16 bits per heavy atom. The Kier molecular flexibility index (Phi) is 4.98. The highest BCUT2D eigenvalue weighted by Crippen LogP contribution is 2.26. The molecule has 2 heterocycles. The van der Waals surface area contributed by atoms with Gasteiger partial charge >= 0.3 is 5.97 Å². The van der Waals surface area contributed by atoms with Crippen LogP contribution in [0.4, 0.5) is 10.1 Å². The summed E-state index contributed by atoms with van der Waals surface area (Å²) in [6.45, 7) is 0.817. The van der Waals surface area contributed by atoms with Gasteiger partial charge in [0, 0.05) is 24.6 Å². The maximum absolute atomic E-state index is 14.3. The molecule has 0 spiro atoms. The number of aryl methyl sites for hydroxylation is 1. The molecule has 1 saturated heterocycles. The molecular weight excluding hydrogens is 331 g/mol. The van der Waals surface area contributed by atoms with Crippen LogP contribution >= 0.6 is 0 Å². The zero-order valence-corrected chi connectivity index (χ0v) is 13.5. The highest BCUT2D eigenvalue weighted by Gasteiger charge is 2.32. The Balaban J connectivity index is 1.79. The molecule has 2 aliphatic heterocycles. The third-order valence-corrected chi connectivity index (χ3v) is 4.55. The van der Waals surface area contributed by atoms with E-state index >= 15 is 0 Å². The van der Waals surface area contributed by atoms with E-state index in [2.05, 4.69) is 10.6 Å². The first-order valence-corrected chi connectivity index (χ1v) is 8.19. The third-order valence-electron chi connectivity index (χ3n) is 4.55. The molecule has 7 nitrogen and oxygen atoms in total. The highest BCUT2D eigenvalue weighted by molar-refractivity contribution is 5.99. The molecule has 0 bridgehead atoms. The van der Waals surface area contributed by atoms with Crippen LogP contribution in [0.5, 0.6) is 0 Å². The number of anilines is 1. The topological polar surface area (TPSA) is 105 Å². The number of amides is 2. The van der Waals surface area contributed by atoms with Crippen molar-refractivity contribution in [3.63, 3.8) is 0 Å². The van der Waals surface area contributed by atoms with Crippen molar-refractivity contribution < 1.29 is 28.6 Å². The smallest absolute Gasteiger partial charge is 0.326 e. The summed E-state index contributed by atoms with van der Waals surface area (Å²) in [5.41, 5.74) is 0.776. The molecule has 0 unspecified atom stereocenters. The minimum absolute atomic E-state index is 0.202. The average molecular weight is 350 g/mol. The Labute approximate surface area is 143 Å². The Morgan fingerprint density at radius 3 is 2.84 bits per heavy atom. The summed E-state index contributed by atoms with van der Waals surface area (Å²) in [5, 5.41) is 14.4. The monoisotopic (exact) mass is 350 g/mol. The molecule has 8 heteroatoms. The number of ether oxygens (including phenoxy) is 1. The van der Waals surface area contributed by atoms with Gasteiger partial charge in [0.2, 0.25) is 5.91 Å². The fourth-order valence-electron chi connectivity index (χ4n) is 3.20. The van der Waals surface area contributed by atoms with E-state index in [1.807, 2.05) is 0 Å². The quantitative estimate of drug-likeness (QED) is 0.760. The fourth-order valence-corrected chi connectivity index (χ4v) is 3.20. The van der Waals surface area contributed by atoms with Crippen LogP contribution < -0.4 is 10.6 Å². The first-order chi connectivity index (χ1) is 12.0. The number of hydrogen-bond acceptors (Lipinski definition) is 4. The van der Waals surface area contributed by atoms with E-state index < -0.39 is 23.7 Å². The van der Waals surface area contributed by atoms with Crippen molar-refractivity contribution in [2.24, 2.45) is 5.92 Å². The van der Waals surface area contributed by atoms with Crippen LogP contribution in [0.15, 0.2) is 12.1 Å². The summed E-state index contributed by atoms with van der Waals surface area (Å²) in [6.07, 6.45) is 2.00. The SMILES string of the molecule is O=C1CCc2cc(C(=O)N[C@H](C(=O)O)[C@H]3CCCOC3)c(F)cc2N1. The number of benzene rings is 1. The average Bonchev–Trinajstić information content (AvgIpc) is 2.59.